The Morgan fingerprint density at radius 2 is 1.87 bits per heavy atom. The first-order valence-electron chi connectivity index (χ1n) is 10.1. The van der Waals surface area contributed by atoms with E-state index in [1.807, 2.05) is 55.7 Å². The van der Waals surface area contributed by atoms with Crippen LogP contribution in [0.4, 0.5) is 5.69 Å². The van der Waals surface area contributed by atoms with Crippen LogP contribution in [0, 0.1) is 13.8 Å². The Balaban J connectivity index is 1.58. The molecule has 1 N–H and O–H groups in total. The highest BCUT2D eigenvalue weighted by molar-refractivity contribution is 7.99. The van der Waals surface area contributed by atoms with Gasteiger partial charge in [0.2, 0.25) is 5.91 Å². The zero-order valence-corrected chi connectivity index (χ0v) is 18.8. The van der Waals surface area contributed by atoms with Gasteiger partial charge in [0.1, 0.15) is 12.4 Å². The van der Waals surface area contributed by atoms with Crippen molar-refractivity contribution in [1.82, 2.24) is 14.8 Å². The Bertz CT molecular complexity index is 999. The number of nitrogens with one attached hydrogen (secondary N) is 1. The Kier molecular flexibility index (Phi) is 7.52. The van der Waals surface area contributed by atoms with Gasteiger partial charge in [0.05, 0.1) is 5.75 Å². The number of aromatic nitrogens is 3. The first-order valence-corrected chi connectivity index (χ1v) is 11.1. The van der Waals surface area contributed by atoms with Crippen molar-refractivity contribution >= 4 is 23.4 Å². The smallest absolute Gasteiger partial charge is 0.234 e. The van der Waals surface area contributed by atoms with Crippen molar-refractivity contribution in [3.8, 4) is 5.75 Å². The van der Waals surface area contributed by atoms with Crippen LogP contribution >= 0.6 is 11.8 Å². The highest BCUT2D eigenvalue weighted by Gasteiger charge is 2.14. The van der Waals surface area contributed by atoms with Gasteiger partial charge in [-0.15, -0.1) is 10.2 Å². The van der Waals surface area contributed by atoms with Gasteiger partial charge in [0.15, 0.2) is 11.0 Å². The molecule has 0 aliphatic carbocycles. The van der Waals surface area contributed by atoms with Crippen LogP contribution in [0.1, 0.15) is 36.4 Å². The molecule has 0 unspecified atom stereocenters. The molecule has 0 bridgehead atoms. The third-order valence-electron chi connectivity index (χ3n) is 5.02. The lowest BCUT2D eigenvalue weighted by Gasteiger charge is -2.11. The van der Waals surface area contributed by atoms with E-state index < -0.39 is 0 Å². The Morgan fingerprint density at radius 1 is 1.10 bits per heavy atom. The fourth-order valence-electron chi connectivity index (χ4n) is 3.02. The van der Waals surface area contributed by atoms with E-state index in [1.54, 1.807) is 0 Å². The molecule has 7 heteroatoms. The third-order valence-corrected chi connectivity index (χ3v) is 5.99. The lowest BCUT2D eigenvalue weighted by molar-refractivity contribution is -0.113. The van der Waals surface area contributed by atoms with E-state index in [1.165, 1.54) is 17.3 Å². The van der Waals surface area contributed by atoms with Gasteiger partial charge in [0.25, 0.3) is 0 Å². The fraction of sp³-hybridized carbons (Fsp3) is 0.348. The topological polar surface area (TPSA) is 69.0 Å². The van der Waals surface area contributed by atoms with E-state index in [0.717, 1.165) is 34.8 Å². The number of nitrogens with zero attached hydrogens (tertiary/aromatic N) is 3. The summed E-state index contributed by atoms with van der Waals surface area (Å²) in [4.78, 5) is 12.4. The molecule has 1 amide bonds. The van der Waals surface area contributed by atoms with Gasteiger partial charge in [-0.25, -0.2) is 0 Å². The van der Waals surface area contributed by atoms with Gasteiger partial charge in [-0.2, -0.15) is 0 Å². The van der Waals surface area contributed by atoms with Gasteiger partial charge in [0, 0.05) is 12.2 Å². The third kappa shape index (κ3) is 5.42. The molecular weight excluding hydrogens is 396 g/mol. The van der Waals surface area contributed by atoms with Gasteiger partial charge in [-0.1, -0.05) is 43.0 Å². The van der Waals surface area contributed by atoms with Crippen LogP contribution in [0.3, 0.4) is 0 Å². The van der Waals surface area contributed by atoms with Crippen LogP contribution in [-0.4, -0.2) is 26.4 Å². The van der Waals surface area contributed by atoms with Crippen molar-refractivity contribution in [2.45, 2.75) is 52.4 Å². The van der Waals surface area contributed by atoms with Crippen molar-refractivity contribution in [1.29, 1.82) is 0 Å². The number of carbonyl (C=O) groups excluding carboxylic acids is 1. The van der Waals surface area contributed by atoms with E-state index in [0.29, 0.717) is 18.3 Å². The lowest BCUT2D eigenvalue weighted by atomic mass is 10.1. The highest BCUT2D eigenvalue weighted by atomic mass is 32.2. The molecule has 0 spiro atoms. The summed E-state index contributed by atoms with van der Waals surface area (Å²) in [5.41, 5.74) is 4.36. The van der Waals surface area contributed by atoms with E-state index in [9.17, 15) is 4.79 Å². The minimum Gasteiger partial charge on any atom is -0.486 e. The largest absolute Gasteiger partial charge is 0.486 e. The van der Waals surface area contributed by atoms with Crippen LogP contribution < -0.4 is 10.1 Å². The number of amides is 1. The van der Waals surface area contributed by atoms with Crippen LogP contribution in [0.15, 0.2) is 47.6 Å². The number of carbonyl (C=O) groups is 1. The Labute approximate surface area is 182 Å². The fourth-order valence-corrected chi connectivity index (χ4v) is 3.84. The average Bonchev–Trinajstić information content (AvgIpc) is 3.16. The van der Waals surface area contributed by atoms with E-state index in [2.05, 4.69) is 34.6 Å². The lowest BCUT2D eigenvalue weighted by Crippen LogP contribution is -2.16. The average molecular weight is 425 g/mol. The van der Waals surface area contributed by atoms with Gasteiger partial charge in [-0.05, 0) is 62.1 Å². The minimum absolute atomic E-state index is 0.0619. The predicted molar refractivity (Wildman–Crippen MR) is 121 cm³/mol. The molecule has 0 aliphatic rings. The number of rotatable bonds is 9. The standard InChI is InChI=1S/C23H28N4O2S/c1-5-18-10-12-19(13-11-18)29-14-21-25-26-23(27(21)6-2)30-15-22(28)24-20-9-7-8-16(3)17(20)4/h7-13H,5-6,14-15H2,1-4H3,(H,24,28). The molecule has 158 valence electrons. The molecular formula is C23H28N4O2S. The maximum absolute atomic E-state index is 12.4. The summed E-state index contributed by atoms with van der Waals surface area (Å²) in [5, 5.41) is 12.2. The van der Waals surface area contributed by atoms with Gasteiger partial charge >= 0.3 is 0 Å². The number of anilines is 1. The zero-order valence-electron chi connectivity index (χ0n) is 17.9. The number of benzene rings is 2. The number of ether oxygens (including phenoxy) is 1. The first-order chi connectivity index (χ1) is 14.5. The molecule has 30 heavy (non-hydrogen) atoms. The quantitative estimate of drug-likeness (QED) is 0.500. The molecule has 2 aromatic carbocycles. The molecule has 0 aliphatic heterocycles. The minimum atomic E-state index is -0.0619. The second-order valence-electron chi connectivity index (χ2n) is 7.01. The molecule has 0 saturated carbocycles. The summed E-state index contributed by atoms with van der Waals surface area (Å²) in [7, 11) is 0. The van der Waals surface area contributed by atoms with Crippen molar-refractivity contribution in [2.75, 3.05) is 11.1 Å². The van der Waals surface area contributed by atoms with Crippen LogP contribution in [0.2, 0.25) is 0 Å². The van der Waals surface area contributed by atoms with E-state index in [-0.39, 0.29) is 11.7 Å². The van der Waals surface area contributed by atoms with Crippen molar-refractivity contribution in [3.63, 3.8) is 0 Å². The van der Waals surface area contributed by atoms with E-state index >= 15 is 0 Å². The summed E-state index contributed by atoms with van der Waals surface area (Å²) >= 11 is 1.38. The van der Waals surface area contributed by atoms with Gasteiger partial charge < -0.3 is 14.6 Å². The molecule has 3 aromatic rings. The SMILES string of the molecule is CCc1ccc(OCc2nnc(SCC(=O)Nc3cccc(C)c3C)n2CC)cc1. The molecule has 1 heterocycles. The molecule has 0 radical (unpaired) electrons. The molecule has 3 rings (SSSR count). The molecule has 0 atom stereocenters. The van der Waals surface area contributed by atoms with Crippen molar-refractivity contribution in [2.24, 2.45) is 0 Å². The van der Waals surface area contributed by atoms with Crippen LogP contribution in [-0.2, 0) is 24.4 Å². The number of hydrogen-bond acceptors (Lipinski definition) is 5. The Hall–Kier alpha value is -2.80. The van der Waals surface area contributed by atoms with Crippen molar-refractivity contribution in [3.05, 3.63) is 65.0 Å². The van der Waals surface area contributed by atoms with Crippen LogP contribution in [0.5, 0.6) is 5.75 Å². The second kappa shape index (κ2) is 10.3. The van der Waals surface area contributed by atoms with Crippen LogP contribution in [0.25, 0.3) is 0 Å². The number of aryl methyl sites for hydroxylation is 2. The summed E-state index contributed by atoms with van der Waals surface area (Å²) in [6.07, 6.45) is 1.00. The molecule has 0 fully saturated rings. The van der Waals surface area contributed by atoms with E-state index in [4.69, 9.17) is 4.74 Å². The summed E-state index contributed by atoms with van der Waals surface area (Å²) in [6.45, 7) is 9.24. The summed E-state index contributed by atoms with van der Waals surface area (Å²) < 4.78 is 7.85. The van der Waals surface area contributed by atoms with Crippen molar-refractivity contribution < 1.29 is 9.53 Å². The summed E-state index contributed by atoms with van der Waals surface area (Å²) in [6, 6.07) is 14.0. The Morgan fingerprint density at radius 3 is 2.57 bits per heavy atom. The maximum atomic E-state index is 12.4. The predicted octanol–water partition coefficient (Wildman–Crippen LogP) is 4.79. The molecule has 6 nitrogen and oxygen atoms in total. The molecule has 0 saturated heterocycles. The summed E-state index contributed by atoms with van der Waals surface area (Å²) in [5.74, 6) is 1.76. The number of hydrogen-bond donors (Lipinski definition) is 1. The second-order valence-corrected chi connectivity index (χ2v) is 7.96. The first kappa shape index (κ1) is 21.9. The normalized spacial score (nSPS) is 10.8. The highest BCUT2D eigenvalue weighted by Crippen LogP contribution is 2.21. The monoisotopic (exact) mass is 424 g/mol. The zero-order chi connectivity index (χ0) is 21.5. The van der Waals surface area contributed by atoms with Gasteiger partial charge in [-0.3, -0.25) is 4.79 Å². The molecule has 1 aromatic heterocycles. The maximum Gasteiger partial charge on any atom is 0.234 e. The number of thioether (sulfide) groups is 1.